The van der Waals surface area contributed by atoms with E-state index in [1.165, 1.54) is 22.3 Å². The van der Waals surface area contributed by atoms with Gasteiger partial charge in [0, 0.05) is 0 Å². The Morgan fingerprint density at radius 1 is 0.303 bits per heavy atom. The molecule has 0 heterocycles. The standard InChI is InChI=1S/4C8H9.Ti/c4*1-7-3-5-8(2)6-4-7;/h4*3-6H,1H2,2H3;/q4*-1;+4. The van der Waals surface area contributed by atoms with Gasteiger partial charge < -0.3 is 0 Å². The van der Waals surface area contributed by atoms with E-state index in [0.717, 1.165) is 22.3 Å². The van der Waals surface area contributed by atoms with Gasteiger partial charge in [0.15, 0.2) is 0 Å². The largest absolute Gasteiger partial charge is 4.00 e. The van der Waals surface area contributed by atoms with Gasteiger partial charge in [-0.25, -0.2) is 0 Å². The smallest absolute Gasteiger partial charge is 0.199 e. The minimum atomic E-state index is 0. The first kappa shape index (κ1) is 30.1. The summed E-state index contributed by atoms with van der Waals surface area (Å²) in [5.74, 6) is 0. The second-order valence-electron chi connectivity index (χ2n) is 7.94. The first-order valence-electron chi connectivity index (χ1n) is 10.7. The summed E-state index contributed by atoms with van der Waals surface area (Å²) >= 11 is 0. The van der Waals surface area contributed by atoms with Crippen molar-refractivity contribution in [1.29, 1.82) is 0 Å². The zero-order chi connectivity index (χ0) is 23.9. The number of hydrogen-bond donors (Lipinski definition) is 0. The normalized spacial score (nSPS) is 8.85. The third-order valence-corrected chi connectivity index (χ3v) is 4.48. The van der Waals surface area contributed by atoms with Crippen LogP contribution in [-0.4, -0.2) is 0 Å². The van der Waals surface area contributed by atoms with Gasteiger partial charge in [-0.05, 0) is 27.7 Å². The molecule has 0 aromatic heterocycles. The van der Waals surface area contributed by atoms with E-state index in [4.69, 9.17) is 0 Å². The van der Waals surface area contributed by atoms with Crippen LogP contribution in [0.2, 0.25) is 0 Å². The second kappa shape index (κ2) is 16.7. The number of rotatable bonds is 0. The van der Waals surface area contributed by atoms with E-state index in [-0.39, 0.29) is 21.7 Å². The Bertz CT molecular complexity index is 736. The molecule has 0 amide bonds. The third-order valence-electron chi connectivity index (χ3n) is 4.48. The predicted molar refractivity (Wildman–Crippen MR) is 143 cm³/mol. The van der Waals surface area contributed by atoms with Crippen molar-refractivity contribution < 1.29 is 21.7 Å². The van der Waals surface area contributed by atoms with Gasteiger partial charge in [0.1, 0.15) is 0 Å². The Morgan fingerprint density at radius 3 is 0.515 bits per heavy atom. The van der Waals surface area contributed by atoms with Crippen molar-refractivity contribution >= 4 is 0 Å². The SMILES string of the molecule is [CH2-]c1ccc(C)cc1.[CH2-]c1ccc(C)cc1.[CH2-]c1ccc(C)cc1.[CH2-]c1ccc(C)cc1.[Ti+4]. The molecule has 168 valence electrons. The monoisotopic (exact) mass is 468 g/mol. The Hall–Kier alpha value is -2.93. The molecule has 0 aliphatic heterocycles. The van der Waals surface area contributed by atoms with Crippen molar-refractivity contribution in [2.45, 2.75) is 27.7 Å². The minimum Gasteiger partial charge on any atom is -0.199 e. The topological polar surface area (TPSA) is 0 Å². The van der Waals surface area contributed by atoms with Gasteiger partial charge in [0.2, 0.25) is 0 Å². The van der Waals surface area contributed by atoms with E-state index >= 15 is 0 Å². The van der Waals surface area contributed by atoms with Crippen LogP contribution in [0.3, 0.4) is 0 Å². The fraction of sp³-hybridized carbons (Fsp3) is 0.125. The Morgan fingerprint density at radius 2 is 0.424 bits per heavy atom. The molecule has 33 heavy (non-hydrogen) atoms. The molecule has 0 nitrogen and oxygen atoms in total. The maximum atomic E-state index is 3.76. The molecule has 0 aliphatic rings. The first-order chi connectivity index (χ1) is 15.2. The van der Waals surface area contributed by atoms with Crippen LogP contribution in [0.5, 0.6) is 0 Å². The maximum absolute atomic E-state index is 3.76. The molecule has 0 saturated heterocycles. The molecule has 0 saturated carbocycles. The van der Waals surface area contributed by atoms with Crippen molar-refractivity contribution in [2.75, 3.05) is 0 Å². The minimum absolute atomic E-state index is 0. The zero-order valence-corrected chi connectivity index (χ0v) is 22.1. The van der Waals surface area contributed by atoms with E-state index in [1.807, 2.05) is 48.5 Å². The summed E-state index contributed by atoms with van der Waals surface area (Å²) < 4.78 is 0. The molecular formula is C32H36Ti. The predicted octanol–water partition coefficient (Wildman–Crippen LogP) is 8.71. The first-order valence-corrected chi connectivity index (χ1v) is 10.7. The van der Waals surface area contributed by atoms with Crippen LogP contribution >= 0.6 is 0 Å². The van der Waals surface area contributed by atoms with Crippen LogP contribution in [0.25, 0.3) is 0 Å². The van der Waals surface area contributed by atoms with Gasteiger partial charge in [0.05, 0.1) is 0 Å². The molecule has 0 aliphatic carbocycles. The van der Waals surface area contributed by atoms with Gasteiger partial charge in [-0.2, -0.15) is 98.5 Å². The average Bonchev–Trinajstić information content (AvgIpc) is 2.78. The van der Waals surface area contributed by atoms with Crippen molar-refractivity contribution in [3.63, 3.8) is 0 Å². The molecule has 0 N–H and O–H groups in total. The summed E-state index contributed by atoms with van der Waals surface area (Å²) in [6.07, 6.45) is 0. The molecular weight excluding hydrogens is 432 g/mol. The molecule has 4 aromatic carbocycles. The summed E-state index contributed by atoms with van der Waals surface area (Å²) in [6, 6.07) is 32.5. The molecule has 0 fully saturated rings. The van der Waals surface area contributed by atoms with Gasteiger partial charge in [-0.1, -0.05) is 22.3 Å². The summed E-state index contributed by atoms with van der Waals surface area (Å²) in [5, 5.41) is 0. The average molecular weight is 469 g/mol. The van der Waals surface area contributed by atoms with E-state index in [2.05, 4.69) is 104 Å². The van der Waals surface area contributed by atoms with Crippen LogP contribution in [0.1, 0.15) is 44.5 Å². The second-order valence-corrected chi connectivity index (χ2v) is 7.94. The molecule has 1 heteroatoms. The van der Waals surface area contributed by atoms with E-state index < -0.39 is 0 Å². The number of hydrogen-bond acceptors (Lipinski definition) is 0. The fourth-order valence-corrected chi connectivity index (χ4v) is 2.35. The van der Waals surface area contributed by atoms with Crippen LogP contribution < -0.4 is 0 Å². The van der Waals surface area contributed by atoms with E-state index in [1.54, 1.807) is 0 Å². The van der Waals surface area contributed by atoms with Crippen LogP contribution in [0.15, 0.2) is 97.1 Å². The van der Waals surface area contributed by atoms with Crippen molar-refractivity contribution in [3.05, 3.63) is 169 Å². The molecule has 0 atom stereocenters. The van der Waals surface area contributed by atoms with E-state index in [9.17, 15) is 0 Å². The van der Waals surface area contributed by atoms with E-state index in [0.29, 0.717) is 0 Å². The third kappa shape index (κ3) is 15.5. The van der Waals surface area contributed by atoms with Gasteiger partial charge in [0.25, 0.3) is 0 Å². The van der Waals surface area contributed by atoms with Crippen molar-refractivity contribution in [2.24, 2.45) is 0 Å². The van der Waals surface area contributed by atoms with Crippen LogP contribution in [-0.2, 0) is 21.7 Å². The van der Waals surface area contributed by atoms with Crippen molar-refractivity contribution in [1.82, 2.24) is 0 Å². The van der Waals surface area contributed by atoms with Crippen LogP contribution in [0.4, 0.5) is 0 Å². The van der Waals surface area contributed by atoms with Crippen LogP contribution in [0, 0.1) is 55.4 Å². The molecule has 0 spiro atoms. The summed E-state index contributed by atoms with van der Waals surface area (Å²) in [4.78, 5) is 0. The fourth-order valence-electron chi connectivity index (χ4n) is 2.35. The van der Waals surface area contributed by atoms with Gasteiger partial charge >= 0.3 is 21.7 Å². The Kier molecular flexibility index (Phi) is 15.2. The van der Waals surface area contributed by atoms with Gasteiger partial charge in [-0.15, -0.1) is 48.5 Å². The quantitative estimate of drug-likeness (QED) is 0.179. The molecule has 4 aromatic rings. The summed E-state index contributed by atoms with van der Waals surface area (Å²) in [5.41, 5.74) is 9.47. The number of aryl methyl sites for hydroxylation is 4. The molecule has 4 rings (SSSR count). The Labute approximate surface area is 218 Å². The van der Waals surface area contributed by atoms with Gasteiger partial charge in [-0.3, -0.25) is 0 Å². The summed E-state index contributed by atoms with van der Waals surface area (Å²) in [6.45, 7) is 23.3. The molecule has 0 bridgehead atoms. The molecule has 0 radical (unpaired) electrons. The molecule has 0 unspecified atom stereocenters. The summed E-state index contributed by atoms with van der Waals surface area (Å²) in [7, 11) is 0. The zero-order valence-electron chi connectivity index (χ0n) is 20.6. The number of benzene rings is 4. The maximum Gasteiger partial charge on any atom is 4.00 e. The van der Waals surface area contributed by atoms with Crippen molar-refractivity contribution in [3.8, 4) is 0 Å². The Balaban J connectivity index is 0.000000410.